The minimum atomic E-state index is -0.0895. The molecule has 0 saturated heterocycles. The minimum Gasteiger partial charge on any atom is -0.372 e. The highest BCUT2D eigenvalue weighted by atomic mass is 35.5. The summed E-state index contributed by atoms with van der Waals surface area (Å²) in [7, 11) is 0. The molecule has 7 heteroatoms. The summed E-state index contributed by atoms with van der Waals surface area (Å²) in [6.45, 7) is 12.4. The van der Waals surface area contributed by atoms with Crippen molar-refractivity contribution in [1.29, 1.82) is 0 Å². The van der Waals surface area contributed by atoms with Gasteiger partial charge in [0.2, 0.25) is 0 Å². The van der Waals surface area contributed by atoms with Crippen LogP contribution >= 0.6 is 23.2 Å². The van der Waals surface area contributed by atoms with Crippen molar-refractivity contribution in [1.82, 2.24) is 0 Å². The molecule has 6 aromatic rings. The molecule has 2 heterocycles. The number of rotatable bonds is 13. The van der Waals surface area contributed by atoms with E-state index in [0.29, 0.717) is 34.0 Å². The second-order valence-corrected chi connectivity index (χ2v) is 16.0. The third-order valence-electron chi connectivity index (χ3n) is 11.6. The summed E-state index contributed by atoms with van der Waals surface area (Å²) in [5.41, 5.74) is 12.7. The van der Waals surface area contributed by atoms with E-state index in [0.717, 1.165) is 91.2 Å². The highest BCUT2D eigenvalue weighted by molar-refractivity contribution is 6.39. The molecule has 0 spiro atoms. The summed E-state index contributed by atoms with van der Waals surface area (Å²) >= 11 is 13.8. The third kappa shape index (κ3) is 8.69. The molecule has 8 rings (SSSR count). The van der Waals surface area contributed by atoms with E-state index in [1.54, 1.807) is 0 Å². The van der Waals surface area contributed by atoms with Crippen LogP contribution in [0, 0.1) is 0 Å². The number of carbonyl (C=O) groups excluding carboxylic acids is 2. The molecule has 0 N–H and O–H groups in total. The summed E-state index contributed by atoms with van der Waals surface area (Å²) in [6, 6.07) is 42.1. The summed E-state index contributed by atoms with van der Waals surface area (Å²) in [4.78, 5) is 33.9. The summed E-state index contributed by atoms with van der Waals surface area (Å²) < 4.78 is 0. The lowest BCUT2D eigenvalue weighted by Crippen LogP contribution is -2.27. The van der Waals surface area contributed by atoms with Crippen LogP contribution in [-0.2, 0) is 12.8 Å². The quantitative estimate of drug-likeness (QED) is 0.109. The zero-order valence-corrected chi connectivity index (χ0v) is 36.1. The lowest BCUT2D eigenvalue weighted by molar-refractivity contribution is 0.103. The van der Waals surface area contributed by atoms with Gasteiger partial charge in [-0.15, -0.1) is 0 Å². The molecule has 302 valence electrons. The Hall–Kier alpha value is -5.36. The van der Waals surface area contributed by atoms with Gasteiger partial charge in [0.15, 0.2) is 11.6 Å². The van der Waals surface area contributed by atoms with E-state index in [1.807, 2.05) is 66.7 Å². The van der Waals surface area contributed by atoms with Crippen molar-refractivity contribution in [2.24, 2.45) is 0 Å². The first-order valence-corrected chi connectivity index (χ1v) is 21.9. The molecular weight excluding hydrogens is 769 g/mol. The molecular formula is C52H53Cl2N3O2. The molecule has 2 aliphatic heterocycles. The second kappa shape index (κ2) is 19.1. The van der Waals surface area contributed by atoms with Crippen LogP contribution in [0.1, 0.15) is 107 Å². The lowest BCUT2D eigenvalue weighted by Gasteiger charge is -2.36. The molecule has 59 heavy (non-hydrogen) atoms. The molecule has 0 amide bonds. The number of anilines is 5. The number of fused-ring (bicyclic) bond motifs is 4. The Morgan fingerprint density at radius 2 is 0.949 bits per heavy atom. The molecule has 6 aromatic carbocycles. The Kier molecular flexibility index (Phi) is 13.6. The first-order chi connectivity index (χ1) is 28.8. The van der Waals surface area contributed by atoms with E-state index in [1.165, 1.54) is 22.5 Å². The monoisotopic (exact) mass is 821 g/mol. The Labute approximate surface area is 360 Å². The third-order valence-corrected chi connectivity index (χ3v) is 12.2. The maximum Gasteiger partial charge on any atom is 0.196 e. The van der Waals surface area contributed by atoms with Gasteiger partial charge in [-0.2, -0.15) is 0 Å². The maximum absolute atomic E-state index is 14.7. The predicted octanol–water partition coefficient (Wildman–Crippen LogP) is 13.7. The Balaban J connectivity index is 0.000000233. The summed E-state index contributed by atoms with van der Waals surface area (Å²) in [6.07, 6.45) is 5.63. The van der Waals surface area contributed by atoms with Gasteiger partial charge in [-0.25, -0.2) is 0 Å². The lowest BCUT2D eigenvalue weighted by atomic mass is 9.85. The van der Waals surface area contributed by atoms with Crippen LogP contribution in [-0.4, -0.2) is 37.7 Å². The molecule has 0 aliphatic carbocycles. The fourth-order valence-corrected chi connectivity index (χ4v) is 8.99. The van der Waals surface area contributed by atoms with Crippen molar-refractivity contribution in [3.8, 4) is 0 Å². The fraction of sp³-hybridized carbons (Fsp3) is 0.269. The Morgan fingerprint density at radius 1 is 0.508 bits per heavy atom. The van der Waals surface area contributed by atoms with Crippen molar-refractivity contribution in [2.75, 3.05) is 40.9 Å². The number of hydrogen-bond acceptors (Lipinski definition) is 5. The molecule has 0 saturated carbocycles. The van der Waals surface area contributed by atoms with Crippen LogP contribution in [0.4, 0.5) is 28.4 Å². The van der Waals surface area contributed by atoms with E-state index in [-0.39, 0.29) is 11.6 Å². The van der Waals surface area contributed by atoms with Crippen LogP contribution in [0.2, 0.25) is 10.0 Å². The molecule has 0 aromatic heterocycles. The van der Waals surface area contributed by atoms with Crippen molar-refractivity contribution in [2.45, 2.75) is 66.2 Å². The molecule has 0 unspecified atom stereocenters. The van der Waals surface area contributed by atoms with Crippen molar-refractivity contribution in [3.63, 3.8) is 0 Å². The second-order valence-electron chi connectivity index (χ2n) is 15.2. The van der Waals surface area contributed by atoms with Gasteiger partial charge in [-0.05, 0) is 110 Å². The standard InChI is InChI=1S/C35H34Cl2N2O.C17H19NO/c1-3-5-19-38-29-13-9-7-11-23(29)21-25-31(38)17-15-27(36)33(25)35(40)34-26-22-24-12-8-10-14-30(24)39(20-6-4-2)32(26)18-16-28(34)37;1-3-18(4-2)16-12-10-15(11-13-16)17(19)14-8-6-5-7-9-14/h7-18H,3-6,19-22H2,1-2H3;5-13H,3-4H2,1-2H3. The van der Waals surface area contributed by atoms with Crippen LogP contribution in [0.25, 0.3) is 0 Å². The van der Waals surface area contributed by atoms with E-state index in [2.05, 4.69) is 103 Å². The van der Waals surface area contributed by atoms with Gasteiger partial charge in [0.05, 0.1) is 10.0 Å². The minimum absolute atomic E-state index is 0.0756. The van der Waals surface area contributed by atoms with Crippen molar-refractivity contribution >= 4 is 63.2 Å². The first-order valence-electron chi connectivity index (χ1n) is 21.1. The molecule has 0 atom stereocenters. The average molecular weight is 823 g/mol. The average Bonchev–Trinajstić information content (AvgIpc) is 3.27. The van der Waals surface area contributed by atoms with Crippen LogP contribution < -0.4 is 14.7 Å². The topological polar surface area (TPSA) is 43.9 Å². The van der Waals surface area contributed by atoms with Gasteiger partial charge in [0, 0.05) is 89.7 Å². The van der Waals surface area contributed by atoms with Crippen molar-refractivity contribution < 1.29 is 9.59 Å². The normalized spacial score (nSPS) is 12.4. The van der Waals surface area contributed by atoms with Crippen molar-refractivity contribution in [3.05, 3.63) is 182 Å². The number of ketones is 2. The zero-order valence-electron chi connectivity index (χ0n) is 34.6. The van der Waals surface area contributed by atoms with Crippen LogP contribution in [0.15, 0.2) is 127 Å². The van der Waals surface area contributed by atoms with Gasteiger partial charge in [0.25, 0.3) is 0 Å². The molecule has 2 aliphatic rings. The highest BCUT2D eigenvalue weighted by Crippen LogP contribution is 2.46. The summed E-state index contributed by atoms with van der Waals surface area (Å²) in [5, 5.41) is 0.956. The van der Waals surface area contributed by atoms with Gasteiger partial charge < -0.3 is 14.7 Å². The number of benzene rings is 6. The Morgan fingerprint density at radius 3 is 1.41 bits per heavy atom. The maximum atomic E-state index is 14.7. The Bertz CT molecular complexity index is 2310. The molecule has 0 radical (unpaired) electrons. The van der Waals surface area contributed by atoms with E-state index in [4.69, 9.17) is 23.2 Å². The van der Waals surface area contributed by atoms with Gasteiger partial charge in [0.1, 0.15) is 0 Å². The number of carbonyl (C=O) groups is 2. The summed E-state index contributed by atoms with van der Waals surface area (Å²) in [5.74, 6) is -0.0138. The number of halogens is 2. The predicted molar refractivity (Wildman–Crippen MR) is 249 cm³/mol. The smallest absolute Gasteiger partial charge is 0.196 e. The molecule has 0 fully saturated rings. The number of hydrogen-bond donors (Lipinski definition) is 0. The van der Waals surface area contributed by atoms with E-state index >= 15 is 0 Å². The SMILES string of the molecule is CCCCN1c2ccccc2Cc2c1ccc(Cl)c2C(=O)c1c(Cl)ccc2c1Cc1ccccc1N2CCCC.CCN(CC)c1ccc(C(=O)c2ccccc2)cc1. The van der Waals surface area contributed by atoms with E-state index in [9.17, 15) is 9.59 Å². The van der Waals surface area contributed by atoms with Gasteiger partial charge in [-0.3, -0.25) is 9.59 Å². The van der Waals surface area contributed by atoms with E-state index < -0.39 is 0 Å². The van der Waals surface area contributed by atoms with Gasteiger partial charge in [-0.1, -0.05) is 117 Å². The van der Waals surface area contributed by atoms with Crippen LogP contribution in [0.5, 0.6) is 0 Å². The highest BCUT2D eigenvalue weighted by Gasteiger charge is 2.33. The van der Waals surface area contributed by atoms with Gasteiger partial charge >= 0.3 is 0 Å². The number of para-hydroxylation sites is 2. The molecule has 5 nitrogen and oxygen atoms in total. The first kappa shape index (κ1) is 41.8. The number of unbranched alkanes of at least 4 members (excludes halogenated alkanes) is 2. The molecule has 0 bridgehead atoms. The zero-order chi connectivity index (χ0) is 41.5. The van der Waals surface area contributed by atoms with Crippen LogP contribution in [0.3, 0.4) is 0 Å². The fourth-order valence-electron chi connectivity index (χ4n) is 8.47. The largest absolute Gasteiger partial charge is 0.372 e. The number of nitrogens with zero attached hydrogens (tertiary/aromatic N) is 3.